The van der Waals surface area contributed by atoms with Gasteiger partial charge < -0.3 is 9.88 Å². The number of nitrogens with one attached hydrogen (secondary N) is 1. The van der Waals surface area contributed by atoms with Gasteiger partial charge in [0.1, 0.15) is 5.69 Å². The number of fused-ring (bicyclic) bond motifs is 1. The summed E-state index contributed by atoms with van der Waals surface area (Å²) in [5, 5.41) is 3.09. The second-order valence-electron chi connectivity index (χ2n) is 7.97. The second-order valence-corrected chi connectivity index (χ2v) is 7.97. The smallest absolute Gasteiger partial charge is 0.273 e. The third-order valence-corrected chi connectivity index (χ3v) is 5.69. The maximum atomic E-state index is 13.2. The lowest BCUT2D eigenvalue weighted by atomic mass is 10.1. The van der Waals surface area contributed by atoms with Crippen molar-refractivity contribution in [1.29, 1.82) is 0 Å². The lowest BCUT2D eigenvalue weighted by molar-refractivity contribution is -0.121. The van der Waals surface area contributed by atoms with Gasteiger partial charge >= 0.3 is 0 Å². The first-order chi connectivity index (χ1) is 14.1. The first-order valence-corrected chi connectivity index (χ1v) is 10.4. The standard InChI is InChI=1S/C24H27N3O2/c1-17-10-12-18(13-11-17)16-27-22-9-5-4-8-20(22)26-21(24(27)29)14-15-23(28)25-19-6-2-3-7-19/h4-5,8-13,19H,2-3,6-7,14-16H2,1H3,(H,25,28). The Morgan fingerprint density at radius 3 is 2.59 bits per heavy atom. The van der Waals surface area contributed by atoms with E-state index in [9.17, 15) is 9.59 Å². The maximum Gasteiger partial charge on any atom is 0.273 e. The van der Waals surface area contributed by atoms with Crippen LogP contribution in [-0.2, 0) is 17.8 Å². The minimum atomic E-state index is -0.113. The fourth-order valence-corrected chi connectivity index (χ4v) is 4.04. The maximum absolute atomic E-state index is 13.2. The first kappa shape index (κ1) is 19.4. The number of aromatic nitrogens is 2. The average Bonchev–Trinajstić information content (AvgIpc) is 3.23. The van der Waals surface area contributed by atoms with E-state index in [4.69, 9.17) is 0 Å². The SMILES string of the molecule is Cc1ccc(Cn2c(=O)c(CCC(=O)NC3CCCC3)nc3ccccc32)cc1. The van der Waals surface area contributed by atoms with E-state index < -0.39 is 0 Å². The monoisotopic (exact) mass is 389 g/mol. The Morgan fingerprint density at radius 2 is 1.83 bits per heavy atom. The molecular weight excluding hydrogens is 362 g/mol. The number of benzene rings is 2. The van der Waals surface area contributed by atoms with Crippen LogP contribution in [0.2, 0.25) is 0 Å². The van der Waals surface area contributed by atoms with Gasteiger partial charge in [-0.2, -0.15) is 0 Å². The number of hydrogen-bond donors (Lipinski definition) is 1. The molecule has 1 aliphatic rings. The Morgan fingerprint density at radius 1 is 1.10 bits per heavy atom. The molecule has 0 atom stereocenters. The molecule has 1 saturated carbocycles. The van der Waals surface area contributed by atoms with Gasteiger partial charge in [-0.3, -0.25) is 9.59 Å². The molecule has 0 bridgehead atoms. The predicted molar refractivity (Wildman–Crippen MR) is 115 cm³/mol. The van der Waals surface area contributed by atoms with E-state index in [0.717, 1.165) is 29.4 Å². The van der Waals surface area contributed by atoms with Gasteiger partial charge in [-0.25, -0.2) is 4.98 Å². The van der Waals surface area contributed by atoms with Crippen molar-refractivity contribution in [1.82, 2.24) is 14.9 Å². The van der Waals surface area contributed by atoms with Crippen molar-refractivity contribution >= 4 is 16.9 Å². The Kier molecular flexibility index (Phi) is 5.74. The summed E-state index contributed by atoms with van der Waals surface area (Å²) in [5.74, 6) is 0.0105. The molecule has 0 aliphatic heterocycles. The van der Waals surface area contributed by atoms with E-state index in [1.54, 1.807) is 4.57 Å². The summed E-state index contributed by atoms with van der Waals surface area (Å²) in [7, 11) is 0. The van der Waals surface area contributed by atoms with Gasteiger partial charge in [-0.05, 0) is 37.5 Å². The Labute approximate surface area is 170 Å². The van der Waals surface area contributed by atoms with Crippen LogP contribution >= 0.6 is 0 Å². The number of rotatable bonds is 6. The van der Waals surface area contributed by atoms with Crippen LogP contribution in [0.1, 0.15) is 48.9 Å². The van der Waals surface area contributed by atoms with E-state index in [-0.39, 0.29) is 11.5 Å². The molecule has 1 amide bonds. The topological polar surface area (TPSA) is 64.0 Å². The fraction of sp³-hybridized carbons (Fsp3) is 0.375. The summed E-state index contributed by atoms with van der Waals surface area (Å²) in [6.07, 6.45) is 5.13. The van der Waals surface area contributed by atoms with Crippen molar-refractivity contribution in [2.75, 3.05) is 0 Å². The lowest BCUT2D eigenvalue weighted by Gasteiger charge is -2.14. The Hall–Kier alpha value is -2.95. The zero-order valence-corrected chi connectivity index (χ0v) is 16.9. The van der Waals surface area contributed by atoms with Crippen molar-refractivity contribution in [3.8, 4) is 0 Å². The van der Waals surface area contributed by atoms with E-state index in [1.807, 2.05) is 43.3 Å². The molecule has 2 aromatic carbocycles. The molecule has 1 fully saturated rings. The van der Waals surface area contributed by atoms with Gasteiger partial charge in [-0.15, -0.1) is 0 Å². The van der Waals surface area contributed by atoms with E-state index >= 15 is 0 Å². The average molecular weight is 389 g/mol. The number of aryl methyl sites for hydroxylation is 2. The predicted octanol–water partition coefficient (Wildman–Crippen LogP) is 3.74. The van der Waals surface area contributed by atoms with E-state index in [2.05, 4.69) is 22.4 Å². The minimum Gasteiger partial charge on any atom is -0.353 e. The summed E-state index contributed by atoms with van der Waals surface area (Å²) in [4.78, 5) is 30.1. The normalized spacial score (nSPS) is 14.4. The Balaban J connectivity index is 1.59. The molecule has 5 heteroatoms. The van der Waals surface area contributed by atoms with Gasteiger partial charge in [-0.1, -0.05) is 54.8 Å². The summed E-state index contributed by atoms with van der Waals surface area (Å²) in [6, 6.07) is 16.2. The van der Waals surface area contributed by atoms with Crippen LogP contribution < -0.4 is 10.9 Å². The summed E-state index contributed by atoms with van der Waals surface area (Å²) < 4.78 is 1.78. The molecule has 3 aromatic rings. The number of hydrogen-bond acceptors (Lipinski definition) is 3. The molecule has 5 nitrogen and oxygen atoms in total. The molecule has 29 heavy (non-hydrogen) atoms. The number of carbonyl (C=O) groups is 1. The zero-order valence-electron chi connectivity index (χ0n) is 16.9. The number of para-hydroxylation sites is 2. The molecule has 1 aliphatic carbocycles. The van der Waals surface area contributed by atoms with E-state index in [1.165, 1.54) is 18.4 Å². The highest BCUT2D eigenvalue weighted by atomic mass is 16.1. The third kappa shape index (κ3) is 4.56. The molecule has 150 valence electrons. The summed E-state index contributed by atoms with van der Waals surface area (Å²) >= 11 is 0. The van der Waals surface area contributed by atoms with Crippen LogP contribution in [0.3, 0.4) is 0 Å². The van der Waals surface area contributed by atoms with Gasteiger partial charge in [0.2, 0.25) is 5.91 Å². The second kappa shape index (κ2) is 8.60. The molecule has 0 radical (unpaired) electrons. The summed E-state index contributed by atoms with van der Waals surface area (Å²) in [5.41, 5.74) is 4.20. The largest absolute Gasteiger partial charge is 0.353 e. The number of carbonyl (C=O) groups excluding carboxylic acids is 1. The van der Waals surface area contributed by atoms with Gasteiger partial charge in [0.05, 0.1) is 17.6 Å². The first-order valence-electron chi connectivity index (χ1n) is 10.4. The molecule has 0 unspecified atom stereocenters. The Bertz CT molecular complexity index is 1060. The van der Waals surface area contributed by atoms with Crippen LogP contribution in [0.4, 0.5) is 0 Å². The molecular formula is C24H27N3O2. The van der Waals surface area contributed by atoms with Gasteiger partial charge in [0.25, 0.3) is 5.56 Å². The van der Waals surface area contributed by atoms with Crippen molar-refractivity contribution in [2.45, 2.75) is 58.0 Å². The minimum absolute atomic E-state index is 0.0105. The van der Waals surface area contributed by atoms with Crippen LogP contribution in [-0.4, -0.2) is 21.5 Å². The molecule has 1 N–H and O–H groups in total. The highest BCUT2D eigenvalue weighted by Gasteiger charge is 2.18. The lowest BCUT2D eigenvalue weighted by Crippen LogP contribution is -2.33. The molecule has 1 aromatic heterocycles. The number of nitrogens with zero attached hydrogens (tertiary/aromatic N) is 2. The highest BCUT2D eigenvalue weighted by molar-refractivity contribution is 5.77. The number of amides is 1. The van der Waals surface area contributed by atoms with Crippen molar-refractivity contribution in [3.63, 3.8) is 0 Å². The quantitative estimate of drug-likeness (QED) is 0.698. The molecule has 0 spiro atoms. The van der Waals surface area contributed by atoms with Crippen LogP contribution in [0, 0.1) is 6.92 Å². The summed E-state index contributed by atoms with van der Waals surface area (Å²) in [6.45, 7) is 2.54. The highest BCUT2D eigenvalue weighted by Crippen LogP contribution is 2.18. The van der Waals surface area contributed by atoms with E-state index in [0.29, 0.717) is 31.1 Å². The fourth-order valence-electron chi connectivity index (χ4n) is 4.04. The molecule has 4 rings (SSSR count). The van der Waals surface area contributed by atoms with Crippen molar-refractivity contribution in [3.05, 3.63) is 75.7 Å². The van der Waals surface area contributed by atoms with Crippen LogP contribution in [0.15, 0.2) is 53.3 Å². The van der Waals surface area contributed by atoms with Gasteiger partial charge in [0, 0.05) is 18.9 Å². The van der Waals surface area contributed by atoms with Crippen molar-refractivity contribution in [2.24, 2.45) is 0 Å². The van der Waals surface area contributed by atoms with Crippen molar-refractivity contribution < 1.29 is 4.79 Å². The van der Waals surface area contributed by atoms with Crippen LogP contribution in [0.5, 0.6) is 0 Å². The third-order valence-electron chi connectivity index (χ3n) is 5.69. The molecule has 0 saturated heterocycles. The molecule has 1 heterocycles. The van der Waals surface area contributed by atoms with Gasteiger partial charge in [0.15, 0.2) is 0 Å². The zero-order chi connectivity index (χ0) is 20.2. The van der Waals surface area contributed by atoms with Crippen LogP contribution in [0.25, 0.3) is 11.0 Å².